The standard InChI is InChI=1S/C14H16O3/c1-9-6-11-7-10(2-3-12(11)17-9)8-14(4-5-14)13(15)16/h2-3,7,9H,4-6,8H2,1H3,(H,15,16). The number of fused-ring (bicyclic) bond motifs is 1. The van der Waals surface area contributed by atoms with Crippen LogP contribution in [0.15, 0.2) is 18.2 Å². The van der Waals surface area contributed by atoms with Crippen LogP contribution in [-0.4, -0.2) is 17.2 Å². The molecule has 0 amide bonds. The first-order chi connectivity index (χ1) is 8.09. The highest BCUT2D eigenvalue weighted by Crippen LogP contribution is 2.49. The van der Waals surface area contributed by atoms with Crippen molar-refractivity contribution in [2.75, 3.05) is 0 Å². The van der Waals surface area contributed by atoms with Gasteiger partial charge in [-0.1, -0.05) is 12.1 Å². The number of hydrogen-bond donors (Lipinski definition) is 1. The second-order valence-corrected chi connectivity index (χ2v) is 5.34. The van der Waals surface area contributed by atoms with Crippen LogP contribution >= 0.6 is 0 Å². The summed E-state index contributed by atoms with van der Waals surface area (Å²) in [6.45, 7) is 2.05. The number of rotatable bonds is 3. The molecule has 1 heterocycles. The van der Waals surface area contributed by atoms with Crippen LogP contribution in [0.1, 0.15) is 30.9 Å². The molecule has 1 unspecified atom stereocenters. The predicted molar refractivity (Wildman–Crippen MR) is 63.2 cm³/mol. The van der Waals surface area contributed by atoms with Crippen molar-refractivity contribution in [3.63, 3.8) is 0 Å². The normalized spacial score (nSPS) is 23.9. The Kier molecular flexibility index (Phi) is 2.18. The molecule has 1 saturated carbocycles. The summed E-state index contributed by atoms with van der Waals surface area (Å²) in [5.41, 5.74) is 1.87. The number of carboxylic acid groups (broad SMARTS) is 1. The van der Waals surface area contributed by atoms with E-state index in [0.29, 0.717) is 6.42 Å². The second-order valence-electron chi connectivity index (χ2n) is 5.34. The van der Waals surface area contributed by atoms with E-state index in [-0.39, 0.29) is 6.10 Å². The van der Waals surface area contributed by atoms with Gasteiger partial charge in [0.2, 0.25) is 0 Å². The van der Waals surface area contributed by atoms with Gasteiger partial charge in [-0.15, -0.1) is 0 Å². The van der Waals surface area contributed by atoms with E-state index in [0.717, 1.165) is 30.6 Å². The number of ether oxygens (including phenoxy) is 1. The summed E-state index contributed by atoms with van der Waals surface area (Å²) in [6.07, 6.45) is 3.46. The summed E-state index contributed by atoms with van der Waals surface area (Å²) in [4.78, 5) is 11.1. The molecule has 1 aromatic rings. The fourth-order valence-electron chi connectivity index (χ4n) is 2.59. The molecule has 1 fully saturated rings. The Morgan fingerprint density at radius 3 is 2.94 bits per heavy atom. The van der Waals surface area contributed by atoms with Gasteiger partial charge in [-0.25, -0.2) is 0 Å². The first kappa shape index (κ1) is 10.6. The zero-order chi connectivity index (χ0) is 12.0. The molecule has 3 rings (SSSR count). The highest BCUT2D eigenvalue weighted by Gasteiger charge is 2.50. The average Bonchev–Trinajstić information content (AvgIpc) is 2.94. The van der Waals surface area contributed by atoms with Gasteiger partial charge in [0, 0.05) is 6.42 Å². The van der Waals surface area contributed by atoms with E-state index in [4.69, 9.17) is 4.74 Å². The van der Waals surface area contributed by atoms with Crippen LogP contribution in [0.4, 0.5) is 0 Å². The van der Waals surface area contributed by atoms with Gasteiger partial charge < -0.3 is 9.84 Å². The molecule has 1 aliphatic carbocycles. The van der Waals surface area contributed by atoms with Gasteiger partial charge in [-0.05, 0) is 43.4 Å². The molecule has 0 bridgehead atoms. The molecule has 1 N–H and O–H groups in total. The summed E-state index contributed by atoms with van der Waals surface area (Å²) in [5, 5.41) is 9.18. The van der Waals surface area contributed by atoms with Crippen LogP contribution < -0.4 is 4.74 Å². The minimum Gasteiger partial charge on any atom is -0.490 e. The Balaban J connectivity index is 1.82. The quantitative estimate of drug-likeness (QED) is 0.870. The molecule has 1 aliphatic heterocycles. The molecule has 2 aliphatic rings. The fraction of sp³-hybridized carbons (Fsp3) is 0.500. The summed E-state index contributed by atoms with van der Waals surface area (Å²) < 4.78 is 5.64. The predicted octanol–water partition coefficient (Wildman–Crippen LogP) is 2.42. The van der Waals surface area contributed by atoms with Crippen molar-refractivity contribution in [3.05, 3.63) is 29.3 Å². The third-order valence-corrected chi connectivity index (χ3v) is 3.81. The van der Waals surface area contributed by atoms with Crippen LogP contribution in [0, 0.1) is 5.41 Å². The van der Waals surface area contributed by atoms with Crippen molar-refractivity contribution in [2.45, 2.75) is 38.7 Å². The van der Waals surface area contributed by atoms with Gasteiger partial charge in [-0.3, -0.25) is 4.79 Å². The molecule has 3 heteroatoms. The Morgan fingerprint density at radius 1 is 1.53 bits per heavy atom. The molecular formula is C14H16O3. The Hall–Kier alpha value is -1.51. The molecule has 0 spiro atoms. The van der Waals surface area contributed by atoms with Gasteiger partial charge in [0.15, 0.2) is 0 Å². The first-order valence-electron chi connectivity index (χ1n) is 6.11. The Morgan fingerprint density at radius 2 is 2.29 bits per heavy atom. The van der Waals surface area contributed by atoms with Crippen LogP contribution in [0.5, 0.6) is 5.75 Å². The topological polar surface area (TPSA) is 46.5 Å². The van der Waals surface area contributed by atoms with Crippen LogP contribution in [0.2, 0.25) is 0 Å². The Labute approximate surface area is 100 Å². The lowest BCUT2D eigenvalue weighted by Gasteiger charge is -2.10. The monoisotopic (exact) mass is 232 g/mol. The van der Waals surface area contributed by atoms with E-state index in [1.54, 1.807) is 0 Å². The maximum atomic E-state index is 11.1. The third kappa shape index (κ3) is 1.79. The number of benzene rings is 1. The molecule has 0 saturated heterocycles. The van der Waals surface area contributed by atoms with E-state index in [1.807, 2.05) is 12.1 Å². The van der Waals surface area contributed by atoms with Gasteiger partial charge in [0.05, 0.1) is 5.41 Å². The number of hydrogen-bond acceptors (Lipinski definition) is 2. The van der Waals surface area contributed by atoms with Gasteiger partial charge in [0.25, 0.3) is 0 Å². The fourth-order valence-corrected chi connectivity index (χ4v) is 2.59. The summed E-state index contributed by atoms with van der Waals surface area (Å²) >= 11 is 0. The minimum atomic E-state index is -0.650. The first-order valence-corrected chi connectivity index (χ1v) is 6.11. The van der Waals surface area contributed by atoms with Crippen LogP contribution in [0.25, 0.3) is 0 Å². The lowest BCUT2D eigenvalue weighted by molar-refractivity contribution is -0.143. The van der Waals surface area contributed by atoms with Gasteiger partial charge >= 0.3 is 5.97 Å². The number of carboxylic acids is 1. The summed E-state index contributed by atoms with van der Waals surface area (Å²) in [7, 11) is 0. The SMILES string of the molecule is CC1Cc2cc(CC3(C(=O)O)CC3)ccc2O1. The lowest BCUT2D eigenvalue weighted by atomic mass is 9.95. The molecule has 0 aromatic heterocycles. The maximum Gasteiger partial charge on any atom is 0.309 e. The van der Waals surface area contributed by atoms with Crippen molar-refractivity contribution < 1.29 is 14.6 Å². The molecule has 17 heavy (non-hydrogen) atoms. The molecule has 0 radical (unpaired) electrons. The molecule has 1 atom stereocenters. The minimum absolute atomic E-state index is 0.245. The zero-order valence-electron chi connectivity index (χ0n) is 9.90. The summed E-state index contributed by atoms with van der Waals surface area (Å²) in [6, 6.07) is 6.09. The van der Waals surface area contributed by atoms with Crippen LogP contribution in [0.3, 0.4) is 0 Å². The third-order valence-electron chi connectivity index (χ3n) is 3.81. The van der Waals surface area contributed by atoms with E-state index >= 15 is 0 Å². The largest absolute Gasteiger partial charge is 0.490 e. The molecule has 3 nitrogen and oxygen atoms in total. The molecular weight excluding hydrogens is 216 g/mol. The number of aliphatic carboxylic acids is 1. The van der Waals surface area contributed by atoms with Gasteiger partial charge in [-0.2, -0.15) is 0 Å². The van der Waals surface area contributed by atoms with Crippen molar-refractivity contribution in [3.8, 4) is 5.75 Å². The maximum absolute atomic E-state index is 11.1. The Bertz CT molecular complexity index is 474. The van der Waals surface area contributed by atoms with E-state index in [1.165, 1.54) is 5.56 Å². The van der Waals surface area contributed by atoms with Crippen molar-refractivity contribution in [1.29, 1.82) is 0 Å². The smallest absolute Gasteiger partial charge is 0.309 e. The van der Waals surface area contributed by atoms with Crippen molar-refractivity contribution in [2.24, 2.45) is 5.41 Å². The molecule has 90 valence electrons. The molecule has 1 aromatic carbocycles. The zero-order valence-corrected chi connectivity index (χ0v) is 9.90. The van der Waals surface area contributed by atoms with Crippen molar-refractivity contribution in [1.82, 2.24) is 0 Å². The van der Waals surface area contributed by atoms with Crippen LogP contribution in [-0.2, 0) is 17.6 Å². The lowest BCUT2D eigenvalue weighted by Crippen LogP contribution is -2.17. The van der Waals surface area contributed by atoms with E-state index in [2.05, 4.69) is 13.0 Å². The van der Waals surface area contributed by atoms with E-state index in [9.17, 15) is 9.90 Å². The van der Waals surface area contributed by atoms with Gasteiger partial charge in [0.1, 0.15) is 11.9 Å². The van der Waals surface area contributed by atoms with Crippen molar-refractivity contribution >= 4 is 5.97 Å². The highest BCUT2D eigenvalue weighted by atomic mass is 16.5. The highest BCUT2D eigenvalue weighted by molar-refractivity contribution is 5.78. The van der Waals surface area contributed by atoms with E-state index < -0.39 is 11.4 Å². The average molecular weight is 232 g/mol. The second kappa shape index (κ2) is 3.49. The number of carbonyl (C=O) groups is 1. The summed E-state index contributed by atoms with van der Waals surface area (Å²) in [5.74, 6) is 0.309.